The maximum atomic E-state index is 11.9. The molecule has 1 aliphatic carbocycles. The number of nitrogens with two attached hydrogens (primary N) is 1. The van der Waals surface area contributed by atoms with Crippen LogP contribution in [0.5, 0.6) is 0 Å². The van der Waals surface area contributed by atoms with E-state index in [9.17, 15) is 4.79 Å². The molecule has 3 nitrogen and oxygen atoms in total. The van der Waals surface area contributed by atoms with Gasteiger partial charge in [0.1, 0.15) is 0 Å². The van der Waals surface area contributed by atoms with Gasteiger partial charge in [-0.3, -0.25) is 4.79 Å². The smallest absolute Gasteiger partial charge is 0.251 e. The number of carbonyl (C=O) groups excluding carboxylic acids is 1. The lowest BCUT2D eigenvalue weighted by molar-refractivity contribution is 0.0943. The zero-order valence-electron chi connectivity index (χ0n) is 11.0. The number of rotatable bonds is 3. The Bertz CT molecular complexity index is 391. The van der Waals surface area contributed by atoms with Crippen LogP contribution >= 0.6 is 0 Å². The average molecular weight is 246 g/mol. The zero-order valence-corrected chi connectivity index (χ0v) is 11.0. The molecule has 1 aliphatic rings. The number of aryl methyl sites for hydroxylation is 1. The molecule has 0 heterocycles. The van der Waals surface area contributed by atoms with Gasteiger partial charge >= 0.3 is 0 Å². The van der Waals surface area contributed by atoms with Crippen molar-refractivity contribution in [3.63, 3.8) is 0 Å². The highest BCUT2D eigenvalue weighted by atomic mass is 16.1. The lowest BCUT2D eigenvalue weighted by Crippen LogP contribution is -2.34. The largest absolute Gasteiger partial charge is 0.352 e. The van der Waals surface area contributed by atoms with Gasteiger partial charge in [-0.15, -0.1) is 0 Å². The van der Waals surface area contributed by atoms with Gasteiger partial charge in [0.05, 0.1) is 0 Å². The van der Waals surface area contributed by atoms with Gasteiger partial charge in [0.15, 0.2) is 0 Å². The molecule has 0 saturated heterocycles. The molecule has 0 radical (unpaired) electrons. The van der Waals surface area contributed by atoms with Crippen molar-refractivity contribution in [2.75, 3.05) is 6.54 Å². The Morgan fingerprint density at radius 1 is 1.22 bits per heavy atom. The summed E-state index contributed by atoms with van der Waals surface area (Å²) in [7, 11) is 0. The predicted molar refractivity (Wildman–Crippen MR) is 73.4 cm³/mol. The minimum Gasteiger partial charge on any atom is -0.352 e. The summed E-state index contributed by atoms with van der Waals surface area (Å²) in [6, 6.07) is 8.06. The van der Waals surface area contributed by atoms with Crippen LogP contribution in [0.4, 0.5) is 0 Å². The van der Waals surface area contributed by atoms with E-state index < -0.39 is 0 Å². The first-order valence-corrected chi connectivity index (χ1v) is 6.75. The van der Waals surface area contributed by atoms with E-state index in [0.717, 1.165) is 37.8 Å². The first kappa shape index (κ1) is 13.1. The van der Waals surface area contributed by atoms with Gasteiger partial charge < -0.3 is 11.1 Å². The molecule has 3 N–H and O–H groups in total. The van der Waals surface area contributed by atoms with Crippen LogP contribution in [0.1, 0.15) is 41.6 Å². The fraction of sp³-hybridized carbons (Fsp3) is 0.533. The lowest BCUT2D eigenvalue weighted by atomic mass is 9.86. The molecule has 0 aromatic heterocycles. The summed E-state index contributed by atoms with van der Waals surface area (Å²) in [6.45, 7) is 2.80. The summed E-state index contributed by atoms with van der Waals surface area (Å²) >= 11 is 0. The molecule has 1 saturated carbocycles. The lowest BCUT2D eigenvalue weighted by Gasteiger charge is -2.26. The van der Waals surface area contributed by atoms with Gasteiger partial charge in [0, 0.05) is 18.2 Å². The second-order valence-electron chi connectivity index (χ2n) is 5.36. The molecule has 18 heavy (non-hydrogen) atoms. The monoisotopic (exact) mass is 246 g/mol. The third-order valence-corrected chi connectivity index (χ3v) is 3.76. The summed E-state index contributed by atoms with van der Waals surface area (Å²) in [5.41, 5.74) is 7.79. The standard InChI is InChI=1S/C15H22N2O/c1-11-2-6-13(7-3-11)15(18)17-10-12-4-8-14(16)9-5-12/h2-3,6-7,12,14H,4-5,8-10,16H2,1H3,(H,17,18). The molecule has 1 aromatic rings. The van der Waals surface area contributed by atoms with E-state index in [-0.39, 0.29) is 5.91 Å². The maximum Gasteiger partial charge on any atom is 0.251 e. The number of carbonyl (C=O) groups is 1. The number of amides is 1. The topological polar surface area (TPSA) is 55.1 Å². The summed E-state index contributed by atoms with van der Waals surface area (Å²) in [5, 5.41) is 3.02. The molecule has 98 valence electrons. The Kier molecular flexibility index (Phi) is 4.37. The molecular formula is C15H22N2O. The molecule has 1 aromatic carbocycles. The number of hydrogen-bond donors (Lipinski definition) is 2. The molecule has 0 bridgehead atoms. The van der Waals surface area contributed by atoms with Crippen molar-refractivity contribution in [3.05, 3.63) is 35.4 Å². The van der Waals surface area contributed by atoms with Crippen LogP contribution < -0.4 is 11.1 Å². The van der Waals surface area contributed by atoms with Crippen LogP contribution in [0.15, 0.2) is 24.3 Å². The van der Waals surface area contributed by atoms with E-state index in [1.54, 1.807) is 0 Å². The van der Waals surface area contributed by atoms with Gasteiger partial charge in [0.2, 0.25) is 0 Å². The van der Waals surface area contributed by atoms with Crippen molar-refractivity contribution in [2.45, 2.75) is 38.6 Å². The van der Waals surface area contributed by atoms with Crippen molar-refractivity contribution in [1.82, 2.24) is 5.32 Å². The highest BCUT2D eigenvalue weighted by Crippen LogP contribution is 2.22. The second kappa shape index (κ2) is 6.01. The molecule has 0 unspecified atom stereocenters. The van der Waals surface area contributed by atoms with E-state index in [4.69, 9.17) is 5.73 Å². The highest BCUT2D eigenvalue weighted by Gasteiger charge is 2.19. The van der Waals surface area contributed by atoms with Crippen LogP contribution in [-0.4, -0.2) is 18.5 Å². The van der Waals surface area contributed by atoms with Crippen molar-refractivity contribution < 1.29 is 4.79 Å². The van der Waals surface area contributed by atoms with Crippen molar-refractivity contribution >= 4 is 5.91 Å². The van der Waals surface area contributed by atoms with Gasteiger partial charge in [-0.05, 0) is 50.7 Å². The van der Waals surface area contributed by atoms with Crippen LogP contribution in [0.3, 0.4) is 0 Å². The van der Waals surface area contributed by atoms with Crippen LogP contribution in [-0.2, 0) is 0 Å². The Balaban J connectivity index is 1.79. The third-order valence-electron chi connectivity index (χ3n) is 3.76. The molecule has 2 rings (SSSR count). The van der Waals surface area contributed by atoms with Crippen LogP contribution in [0.25, 0.3) is 0 Å². The van der Waals surface area contributed by atoms with Gasteiger partial charge in [-0.1, -0.05) is 17.7 Å². The SMILES string of the molecule is Cc1ccc(C(=O)NCC2CCC(N)CC2)cc1. The molecule has 3 heteroatoms. The summed E-state index contributed by atoms with van der Waals surface area (Å²) in [4.78, 5) is 11.9. The fourth-order valence-corrected chi connectivity index (χ4v) is 2.44. The van der Waals surface area contributed by atoms with E-state index in [0.29, 0.717) is 12.0 Å². The van der Waals surface area contributed by atoms with E-state index in [2.05, 4.69) is 5.32 Å². The highest BCUT2D eigenvalue weighted by molar-refractivity contribution is 5.94. The molecule has 0 spiro atoms. The predicted octanol–water partition coefficient (Wildman–Crippen LogP) is 2.24. The van der Waals surface area contributed by atoms with Crippen LogP contribution in [0.2, 0.25) is 0 Å². The molecule has 1 amide bonds. The first-order valence-electron chi connectivity index (χ1n) is 6.75. The van der Waals surface area contributed by atoms with Crippen molar-refractivity contribution in [1.29, 1.82) is 0 Å². The summed E-state index contributed by atoms with van der Waals surface area (Å²) in [5.74, 6) is 0.629. The molecule has 1 fully saturated rings. The summed E-state index contributed by atoms with van der Waals surface area (Å²) < 4.78 is 0. The fourth-order valence-electron chi connectivity index (χ4n) is 2.44. The Morgan fingerprint density at radius 3 is 2.44 bits per heavy atom. The quantitative estimate of drug-likeness (QED) is 0.859. The van der Waals surface area contributed by atoms with Gasteiger partial charge in [0.25, 0.3) is 5.91 Å². The van der Waals surface area contributed by atoms with E-state index >= 15 is 0 Å². The Hall–Kier alpha value is -1.35. The molecule has 0 aliphatic heterocycles. The summed E-state index contributed by atoms with van der Waals surface area (Å²) in [6.07, 6.45) is 4.45. The van der Waals surface area contributed by atoms with Crippen molar-refractivity contribution in [2.24, 2.45) is 11.7 Å². The normalized spacial score (nSPS) is 23.7. The maximum absolute atomic E-state index is 11.9. The van der Waals surface area contributed by atoms with Crippen LogP contribution in [0, 0.1) is 12.8 Å². The Labute approximate surface area is 109 Å². The minimum atomic E-state index is 0.0323. The number of nitrogens with one attached hydrogen (secondary N) is 1. The number of benzene rings is 1. The van der Waals surface area contributed by atoms with Gasteiger partial charge in [-0.2, -0.15) is 0 Å². The minimum absolute atomic E-state index is 0.0323. The molecular weight excluding hydrogens is 224 g/mol. The van der Waals surface area contributed by atoms with Crippen molar-refractivity contribution in [3.8, 4) is 0 Å². The zero-order chi connectivity index (χ0) is 13.0. The van der Waals surface area contributed by atoms with E-state index in [1.807, 2.05) is 31.2 Å². The third kappa shape index (κ3) is 3.57. The average Bonchev–Trinajstić information content (AvgIpc) is 2.38. The van der Waals surface area contributed by atoms with Gasteiger partial charge in [-0.25, -0.2) is 0 Å². The van der Waals surface area contributed by atoms with E-state index in [1.165, 1.54) is 5.56 Å². The number of hydrogen-bond acceptors (Lipinski definition) is 2. The second-order valence-corrected chi connectivity index (χ2v) is 5.36. The molecule has 0 atom stereocenters. The Morgan fingerprint density at radius 2 is 1.83 bits per heavy atom. The first-order chi connectivity index (χ1) is 8.65.